The zero-order valence-corrected chi connectivity index (χ0v) is 19.1. The average molecular weight is 478 g/mol. The zero-order chi connectivity index (χ0) is 23.7. The molecule has 1 heterocycles. The van der Waals surface area contributed by atoms with Gasteiger partial charge in [-0.15, -0.1) is 0 Å². The largest absolute Gasteiger partial charge is 0.479 e. The van der Waals surface area contributed by atoms with Gasteiger partial charge in [0.2, 0.25) is 0 Å². The van der Waals surface area contributed by atoms with Gasteiger partial charge in [-0.05, 0) is 27.8 Å². The molecule has 0 bridgehead atoms. The van der Waals surface area contributed by atoms with Crippen molar-refractivity contribution in [2.24, 2.45) is 0 Å². The van der Waals surface area contributed by atoms with E-state index in [0.29, 0.717) is 5.56 Å². The smallest absolute Gasteiger partial charge is 0.424 e. The summed E-state index contributed by atoms with van der Waals surface area (Å²) in [6.45, 7) is -0.0551. The second kappa shape index (κ2) is 9.04. The maximum absolute atomic E-state index is 13.3. The first-order valence-electron chi connectivity index (χ1n) is 11.0. The van der Waals surface area contributed by atoms with Crippen LogP contribution in [-0.4, -0.2) is 44.4 Å². The number of aliphatic carboxylic acids is 1. The summed E-state index contributed by atoms with van der Waals surface area (Å²) in [7, 11) is 0. The number of benzene rings is 3. The Morgan fingerprint density at radius 2 is 1.56 bits per heavy atom. The quantitative estimate of drug-likeness (QED) is 0.589. The molecule has 174 valence electrons. The van der Waals surface area contributed by atoms with Crippen LogP contribution in [0.3, 0.4) is 0 Å². The lowest BCUT2D eigenvalue weighted by Gasteiger charge is -2.41. The van der Waals surface area contributed by atoms with Crippen molar-refractivity contribution in [1.82, 2.24) is 4.31 Å². The van der Waals surface area contributed by atoms with Crippen molar-refractivity contribution >= 4 is 23.3 Å². The van der Waals surface area contributed by atoms with Gasteiger partial charge in [-0.25, -0.2) is 13.8 Å². The highest BCUT2D eigenvalue weighted by atomic mass is 32.2. The molecule has 3 aromatic rings. The van der Waals surface area contributed by atoms with Crippen molar-refractivity contribution in [3.8, 4) is 11.1 Å². The number of carbonyl (C=O) groups excluding carboxylic acids is 1. The molecule has 2 atom stereocenters. The van der Waals surface area contributed by atoms with Crippen LogP contribution in [0.4, 0.5) is 4.79 Å². The van der Waals surface area contributed by atoms with Crippen molar-refractivity contribution in [2.45, 2.75) is 24.3 Å². The van der Waals surface area contributed by atoms with Gasteiger partial charge >= 0.3 is 12.1 Å². The topological polar surface area (TPSA) is 93.1 Å². The predicted molar refractivity (Wildman–Crippen MR) is 126 cm³/mol. The SMILES string of the molecule is O=C(OCC1c2ccccc2-c2ccccc21)N1S(=O)OCC[C@]1(Cc1ccccc1)C(=O)O. The van der Waals surface area contributed by atoms with Crippen LogP contribution in [0.2, 0.25) is 0 Å². The highest BCUT2D eigenvalue weighted by molar-refractivity contribution is 7.78. The van der Waals surface area contributed by atoms with Crippen LogP contribution in [0.25, 0.3) is 11.1 Å². The molecule has 1 N–H and O–H groups in total. The maximum atomic E-state index is 13.3. The first-order chi connectivity index (χ1) is 16.5. The summed E-state index contributed by atoms with van der Waals surface area (Å²) in [5.41, 5.74) is 3.18. The Hall–Kier alpha value is -3.49. The van der Waals surface area contributed by atoms with E-state index in [1.54, 1.807) is 24.3 Å². The molecule has 3 aromatic carbocycles. The van der Waals surface area contributed by atoms with Crippen LogP contribution in [-0.2, 0) is 31.4 Å². The molecule has 1 unspecified atom stereocenters. The fourth-order valence-corrected chi connectivity index (χ4v) is 5.86. The van der Waals surface area contributed by atoms with Gasteiger partial charge in [0.15, 0.2) is 5.54 Å². The number of fused-ring (bicyclic) bond motifs is 3. The number of carboxylic acid groups (broad SMARTS) is 1. The molecule has 2 aliphatic rings. The normalized spacial score (nSPS) is 21.5. The van der Waals surface area contributed by atoms with Gasteiger partial charge < -0.3 is 9.84 Å². The van der Waals surface area contributed by atoms with Gasteiger partial charge in [0, 0.05) is 18.8 Å². The van der Waals surface area contributed by atoms with Gasteiger partial charge in [0.1, 0.15) is 6.61 Å². The molecule has 1 aliphatic carbocycles. The van der Waals surface area contributed by atoms with Crippen molar-refractivity contribution < 1.29 is 27.8 Å². The molecule has 1 amide bonds. The van der Waals surface area contributed by atoms with Crippen LogP contribution >= 0.6 is 0 Å². The highest BCUT2D eigenvalue weighted by Crippen LogP contribution is 2.44. The number of carboxylic acids is 1. The van der Waals surface area contributed by atoms with Gasteiger partial charge in [0.05, 0.1) is 6.61 Å². The molecular weight excluding hydrogens is 454 g/mol. The second-order valence-corrected chi connectivity index (χ2v) is 9.42. The molecule has 0 saturated carbocycles. The highest BCUT2D eigenvalue weighted by Gasteiger charge is 2.54. The van der Waals surface area contributed by atoms with Gasteiger partial charge in [-0.2, -0.15) is 4.31 Å². The minimum atomic E-state index is -2.29. The Bertz CT molecular complexity index is 1220. The molecular formula is C26H23NO6S. The number of nitrogens with zero attached hydrogens (tertiary/aromatic N) is 1. The number of hydrogen-bond acceptors (Lipinski definition) is 5. The third-order valence-corrected chi connectivity index (χ3v) is 7.64. The molecule has 0 spiro atoms. The average Bonchev–Trinajstić information content (AvgIpc) is 3.17. The van der Waals surface area contributed by atoms with E-state index in [4.69, 9.17) is 8.92 Å². The number of rotatable bonds is 5. The maximum Gasteiger partial charge on any atom is 0.424 e. The summed E-state index contributed by atoms with van der Waals surface area (Å²) in [6.07, 6.45) is -0.992. The van der Waals surface area contributed by atoms with Crippen LogP contribution in [0.5, 0.6) is 0 Å². The Balaban J connectivity index is 1.43. The fourth-order valence-electron chi connectivity index (χ4n) is 4.83. The summed E-state index contributed by atoms with van der Waals surface area (Å²) in [5, 5.41) is 10.2. The monoisotopic (exact) mass is 477 g/mol. The van der Waals surface area contributed by atoms with Crippen molar-refractivity contribution in [3.05, 3.63) is 95.6 Å². The number of ether oxygens (including phenoxy) is 1. The van der Waals surface area contributed by atoms with Crippen molar-refractivity contribution in [3.63, 3.8) is 0 Å². The van der Waals surface area contributed by atoms with Crippen LogP contribution in [0.15, 0.2) is 78.9 Å². The van der Waals surface area contributed by atoms with E-state index in [0.717, 1.165) is 26.6 Å². The molecule has 1 aliphatic heterocycles. The third-order valence-electron chi connectivity index (χ3n) is 6.48. The van der Waals surface area contributed by atoms with E-state index in [1.807, 2.05) is 54.6 Å². The molecule has 7 nitrogen and oxygen atoms in total. The number of amides is 1. The Kier molecular flexibility index (Phi) is 5.93. The molecule has 0 radical (unpaired) electrons. The van der Waals surface area contributed by atoms with E-state index in [2.05, 4.69) is 0 Å². The summed E-state index contributed by atoms with van der Waals surface area (Å²) in [4.78, 5) is 25.8. The van der Waals surface area contributed by atoms with E-state index in [9.17, 15) is 18.9 Å². The lowest BCUT2D eigenvalue weighted by molar-refractivity contribution is -0.149. The van der Waals surface area contributed by atoms with Gasteiger partial charge in [0.25, 0.3) is 11.3 Å². The third kappa shape index (κ3) is 3.78. The first-order valence-corrected chi connectivity index (χ1v) is 12.0. The first kappa shape index (κ1) is 22.3. The van der Waals surface area contributed by atoms with E-state index < -0.39 is 28.9 Å². The van der Waals surface area contributed by atoms with Gasteiger partial charge in [-0.1, -0.05) is 78.9 Å². The molecule has 8 heteroatoms. The fraction of sp³-hybridized carbons (Fsp3) is 0.231. The minimum Gasteiger partial charge on any atom is -0.479 e. The van der Waals surface area contributed by atoms with Gasteiger partial charge in [-0.3, -0.25) is 4.18 Å². The van der Waals surface area contributed by atoms with E-state index >= 15 is 0 Å². The van der Waals surface area contributed by atoms with Crippen LogP contribution in [0.1, 0.15) is 29.0 Å². The van der Waals surface area contributed by atoms with E-state index in [-0.39, 0.29) is 32.0 Å². The number of hydrogen-bond donors (Lipinski definition) is 1. The summed E-state index contributed by atoms with van der Waals surface area (Å²) in [6, 6.07) is 24.8. The summed E-state index contributed by atoms with van der Waals surface area (Å²) < 4.78 is 24.4. The van der Waals surface area contributed by atoms with Crippen molar-refractivity contribution in [2.75, 3.05) is 13.2 Å². The Labute approximate surface area is 199 Å². The molecule has 1 saturated heterocycles. The van der Waals surface area contributed by atoms with E-state index in [1.165, 1.54) is 0 Å². The molecule has 1 fully saturated rings. The Morgan fingerprint density at radius 1 is 0.971 bits per heavy atom. The molecule has 34 heavy (non-hydrogen) atoms. The number of carbonyl (C=O) groups is 2. The van der Waals surface area contributed by atoms with Crippen LogP contribution in [0, 0.1) is 0 Å². The lowest BCUT2D eigenvalue weighted by atomic mass is 9.87. The second-order valence-electron chi connectivity index (χ2n) is 8.39. The summed E-state index contributed by atoms with van der Waals surface area (Å²) >= 11 is -2.29. The molecule has 5 rings (SSSR count). The Morgan fingerprint density at radius 3 is 2.18 bits per heavy atom. The van der Waals surface area contributed by atoms with Crippen LogP contribution < -0.4 is 0 Å². The molecule has 0 aromatic heterocycles. The standard InChI is InChI=1S/C26H23NO6S/c28-24(29)26(16-18-8-2-1-3-9-18)14-15-33-34(31)27(26)25(30)32-17-23-21-12-6-4-10-19(21)20-11-5-7-13-22(20)23/h1-13,23H,14-17H2,(H,28,29)/t26-,34?/m0/s1. The summed E-state index contributed by atoms with van der Waals surface area (Å²) in [5.74, 6) is -1.45. The minimum absolute atomic E-state index is 0.00678. The lowest BCUT2D eigenvalue weighted by Crippen LogP contribution is -2.62. The van der Waals surface area contributed by atoms with Crippen molar-refractivity contribution in [1.29, 1.82) is 0 Å². The predicted octanol–water partition coefficient (Wildman–Crippen LogP) is 4.30. The zero-order valence-electron chi connectivity index (χ0n) is 18.3.